The molecule has 0 saturated carbocycles. The maximum Gasteiger partial charge on any atom is 0.144 e. The van der Waals surface area contributed by atoms with Crippen molar-refractivity contribution in [1.29, 1.82) is 0 Å². The van der Waals surface area contributed by atoms with Crippen LogP contribution in [0.4, 0.5) is 0 Å². The van der Waals surface area contributed by atoms with Crippen molar-refractivity contribution in [2.45, 2.75) is 112 Å². The lowest BCUT2D eigenvalue weighted by Crippen LogP contribution is -2.41. The lowest BCUT2D eigenvalue weighted by atomic mass is 9.71. The maximum absolute atomic E-state index is 12.9. The Morgan fingerprint density at radius 3 is 2.60 bits per heavy atom. The number of Topliss-reactive ketones (excluding diaryl/α,β-unsaturated/α-hetero) is 1. The van der Waals surface area contributed by atoms with Crippen molar-refractivity contribution in [2.24, 2.45) is 28.3 Å². The SMILES string of the molecule is C/C(=C\c1csc(C)n1)[C@H](C[C@@H]1O[C@]1(C)CCC[C@H](C)[C@H](C)[C@@H](C)C(=O)C(C)(C)[C@H](C)O)N=[N+]=[N-]. The fourth-order valence-electron chi connectivity index (χ4n) is 4.74. The van der Waals surface area contributed by atoms with Crippen LogP contribution >= 0.6 is 11.3 Å². The highest BCUT2D eigenvalue weighted by atomic mass is 32.1. The molecule has 35 heavy (non-hydrogen) atoms. The second kappa shape index (κ2) is 12.0. The van der Waals surface area contributed by atoms with Gasteiger partial charge in [-0.05, 0) is 64.0 Å². The number of ketones is 1. The highest BCUT2D eigenvalue weighted by Gasteiger charge is 2.52. The standard InChI is InChI=1S/C27H44N4O3S/c1-16(18(3)19(4)25(33)26(7,8)20(5)32)11-10-12-27(9)24(34-27)14-23(30-31-28)17(2)13-22-15-35-21(6)29-22/h13,15-16,18-20,23-24,32H,10-12,14H2,1-9H3/b17-13+/t16-,18-,19+,20-,23-,24-,27+/m0/s1. The van der Waals surface area contributed by atoms with Crippen LogP contribution in [0, 0.1) is 30.1 Å². The summed E-state index contributed by atoms with van der Waals surface area (Å²) < 4.78 is 6.08. The number of aliphatic hydroxyl groups is 1. The molecule has 1 N–H and O–H groups in total. The zero-order chi connectivity index (χ0) is 26.6. The number of nitrogens with zero attached hydrogens (tertiary/aromatic N) is 4. The maximum atomic E-state index is 12.9. The topological polar surface area (TPSA) is 111 Å². The van der Waals surface area contributed by atoms with Gasteiger partial charge in [-0.3, -0.25) is 4.79 Å². The number of aliphatic hydroxyl groups excluding tert-OH is 1. The van der Waals surface area contributed by atoms with Crippen LogP contribution in [-0.4, -0.2) is 39.7 Å². The minimum absolute atomic E-state index is 0.0681. The van der Waals surface area contributed by atoms with E-state index in [9.17, 15) is 9.90 Å². The van der Waals surface area contributed by atoms with Crippen LogP contribution < -0.4 is 0 Å². The largest absolute Gasteiger partial charge is 0.392 e. The van der Waals surface area contributed by atoms with E-state index in [0.29, 0.717) is 12.3 Å². The Morgan fingerprint density at radius 1 is 1.40 bits per heavy atom. The number of hydrogen-bond acceptors (Lipinski definition) is 6. The number of ether oxygens (including phenoxy) is 1. The van der Waals surface area contributed by atoms with E-state index in [4.69, 9.17) is 10.3 Å². The summed E-state index contributed by atoms with van der Waals surface area (Å²) in [5.74, 6) is 0.656. The summed E-state index contributed by atoms with van der Waals surface area (Å²) in [6, 6.07) is -0.253. The average Bonchev–Trinajstić information content (AvgIpc) is 3.23. The molecule has 1 aliphatic heterocycles. The Morgan fingerprint density at radius 2 is 2.06 bits per heavy atom. The molecule has 0 bridgehead atoms. The van der Waals surface area contributed by atoms with Crippen LogP contribution in [-0.2, 0) is 9.53 Å². The predicted octanol–water partition coefficient (Wildman–Crippen LogP) is 7.14. The summed E-state index contributed by atoms with van der Waals surface area (Å²) in [6.45, 7) is 17.8. The van der Waals surface area contributed by atoms with Crippen molar-refractivity contribution >= 4 is 23.2 Å². The van der Waals surface area contributed by atoms with Gasteiger partial charge in [-0.1, -0.05) is 58.1 Å². The van der Waals surface area contributed by atoms with Gasteiger partial charge in [0.25, 0.3) is 0 Å². The van der Waals surface area contributed by atoms with E-state index in [0.717, 1.165) is 35.5 Å². The predicted molar refractivity (Wildman–Crippen MR) is 143 cm³/mol. The number of carbonyl (C=O) groups excluding carboxylic acids is 1. The monoisotopic (exact) mass is 504 g/mol. The molecule has 0 aliphatic carbocycles. The molecule has 0 unspecified atom stereocenters. The fourth-order valence-corrected chi connectivity index (χ4v) is 5.31. The van der Waals surface area contributed by atoms with E-state index < -0.39 is 11.5 Å². The van der Waals surface area contributed by atoms with Crippen molar-refractivity contribution in [3.05, 3.63) is 32.1 Å². The molecule has 0 radical (unpaired) electrons. The zero-order valence-corrected chi connectivity index (χ0v) is 23.7. The van der Waals surface area contributed by atoms with Gasteiger partial charge < -0.3 is 9.84 Å². The summed E-state index contributed by atoms with van der Waals surface area (Å²) in [5.41, 5.74) is 10.0. The quantitative estimate of drug-likeness (QED) is 0.126. The summed E-state index contributed by atoms with van der Waals surface area (Å²) >= 11 is 1.60. The number of hydrogen-bond donors (Lipinski definition) is 1. The molecule has 1 aliphatic rings. The van der Waals surface area contributed by atoms with Crippen LogP contribution in [0.25, 0.3) is 16.5 Å². The van der Waals surface area contributed by atoms with E-state index in [1.54, 1.807) is 18.3 Å². The summed E-state index contributed by atoms with van der Waals surface area (Å²) in [6.07, 6.45) is 5.03. The van der Waals surface area contributed by atoms with E-state index >= 15 is 0 Å². The van der Waals surface area contributed by atoms with Gasteiger partial charge in [0.2, 0.25) is 0 Å². The Kier molecular flexibility index (Phi) is 10.1. The first-order chi connectivity index (χ1) is 16.2. The van der Waals surface area contributed by atoms with E-state index in [1.165, 1.54) is 0 Å². The van der Waals surface area contributed by atoms with Crippen LogP contribution in [0.1, 0.15) is 91.8 Å². The number of carbonyl (C=O) groups is 1. The van der Waals surface area contributed by atoms with Gasteiger partial charge >= 0.3 is 0 Å². The third-order valence-corrected chi connectivity index (χ3v) is 9.11. The lowest BCUT2D eigenvalue weighted by molar-refractivity contribution is -0.138. The Labute approximate surface area is 215 Å². The van der Waals surface area contributed by atoms with Gasteiger partial charge in [0, 0.05) is 21.6 Å². The molecule has 196 valence electrons. The molecule has 1 fully saturated rings. The number of aromatic nitrogens is 1. The Balaban J connectivity index is 1.87. The summed E-state index contributed by atoms with van der Waals surface area (Å²) in [5, 5.41) is 17.1. The van der Waals surface area contributed by atoms with Gasteiger partial charge in [-0.25, -0.2) is 4.98 Å². The van der Waals surface area contributed by atoms with E-state index in [1.807, 2.05) is 46.1 Å². The van der Waals surface area contributed by atoms with Crippen molar-refractivity contribution in [2.75, 3.05) is 0 Å². The smallest absolute Gasteiger partial charge is 0.144 e. The van der Waals surface area contributed by atoms with Gasteiger partial charge in [0.05, 0.1) is 34.6 Å². The van der Waals surface area contributed by atoms with Crippen LogP contribution in [0.3, 0.4) is 0 Å². The molecule has 7 atom stereocenters. The van der Waals surface area contributed by atoms with Crippen LogP contribution in [0.5, 0.6) is 0 Å². The first-order valence-corrected chi connectivity index (χ1v) is 13.7. The van der Waals surface area contributed by atoms with Crippen molar-refractivity contribution in [3.8, 4) is 0 Å². The molecule has 1 aromatic rings. The van der Waals surface area contributed by atoms with Crippen LogP contribution in [0.15, 0.2) is 16.1 Å². The molecule has 0 aromatic carbocycles. The second-order valence-corrected chi connectivity index (χ2v) is 12.4. The molecule has 1 aromatic heterocycles. The highest BCUT2D eigenvalue weighted by Crippen LogP contribution is 2.45. The zero-order valence-electron chi connectivity index (χ0n) is 22.9. The molecule has 1 saturated heterocycles. The Hall–Kier alpha value is -1.73. The molecule has 7 nitrogen and oxygen atoms in total. The van der Waals surface area contributed by atoms with Crippen molar-refractivity contribution < 1.29 is 14.6 Å². The summed E-state index contributed by atoms with van der Waals surface area (Å²) in [7, 11) is 0. The third-order valence-electron chi connectivity index (χ3n) is 8.31. The molecule has 8 heteroatoms. The second-order valence-electron chi connectivity index (χ2n) is 11.3. The van der Waals surface area contributed by atoms with E-state index in [-0.39, 0.29) is 35.4 Å². The Bertz CT molecular complexity index is 950. The minimum atomic E-state index is -0.733. The number of azide groups is 1. The molecule has 2 rings (SSSR count). The van der Waals surface area contributed by atoms with Gasteiger partial charge in [0.15, 0.2) is 0 Å². The average molecular weight is 505 g/mol. The molecular weight excluding hydrogens is 460 g/mol. The number of rotatable bonds is 14. The molecular formula is C27H44N4O3S. The summed E-state index contributed by atoms with van der Waals surface area (Å²) in [4.78, 5) is 20.5. The number of thiazole rings is 1. The first-order valence-electron chi connectivity index (χ1n) is 12.8. The molecule has 0 amide bonds. The third kappa shape index (κ3) is 7.63. The normalized spacial score (nSPS) is 24.7. The number of aryl methyl sites for hydroxylation is 1. The van der Waals surface area contributed by atoms with Crippen LogP contribution in [0.2, 0.25) is 0 Å². The lowest BCUT2D eigenvalue weighted by Gasteiger charge is -2.34. The van der Waals surface area contributed by atoms with Crippen molar-refractivity contribution in [3.63, 3.8) is 0 Å². The number of epoxide rings is 1. The van der Waals surface area contributed by atoms with Crippen molar-refractivity contribution in [1.82, 2.24) is 4.98 Å². The minimum Gasteiger partial charge on any atom is -0.392 e. The van der Waals surface area contributed by atoms with Gasteiger partial charge in [-0.2, -0.15) is 0 Å². The first kappa shape index (κ1) is 29.5. The fraction of sp³-hybridized carbons (Fsp3) is 0.778. The molecule has 0 spiro atoms. The van der Waals surface area contributed by atoms with E-state index in [2.05, 4.69) is 35.8 Å². The molecule has 2 heterocycles. The highest BCUT2D eigenvalue weighted by molar-refractivity contribution is 7.09. The van der Waals surface area contributed by atoms with Gasteiger partial charge in [0.1, 0.15) is 5.78 Å². The van der Waals surface area contributed by atoms with Gasteiger partial charge in [-0.15, -0.1) is 11.3 Å².